The minimum Gasteiger partial charge on any atom is -0.299 e. The van der Waals surface area contributed by atoms with Gasteiger partial charge in [0, 0.05) is 17.7 Å². The summed E-state index contributed by atoms with van der Waals surface area (Å²) in [5, 5.41) is 1.96. The fraction of sp³-hybridized carbons (Fsp3) is 0.214. The van der Waals surface area contributed by atoms with Crippen molar-refractivity contribution in [3.05, 3.63) is 57.5 Å². The number of hydrogen-bond donors (Lipinski definition) is 0. The number of carbonyl (C=O) groups excluding carboxylic acids is 1. The van der Waals surface area contributed by atoms with Gasteiger partial charge in [-0.1, -0.05) is 12.1 Å². The smallest absolute Gasteiger partial charge is 0.142 e. The summed E-state index contributed by atoms with van der Waals surface area (Å²) in [6.07, 6.45) is 0.846. The molecule has 2 aromatic rings. The van der Waals surface area contributed by atoms with Crippen LogP contribution >= 0.6 is 11.3 Å². The topological polar surface area (TPSA) is 17.1 Å². The lowest BCUT2D eigenvalue weighted by Crippen LogP contribution is -2.06. The molecule has 1 aromatic heterocycles. The molecule has 17 heavy (non-hydrogen) atoms. The standard InChI is InChI=1S/C14H13FOS/c1-10-7-12(15)5-4-11(10)8-13(16)9-14-3-2-6-17-14/h2-7H,8-9H2,1H3. The monoisotopic (exact) mass is 248 g/mol. The third kappa shape index (κ3) is 3.24. The number of aryl methyl sites for hydroxylation is 1. The third-order valence-corrected chi connectivity index (χ3v) is 3.52. The first-order valence-electron chi connectivity index (χ1n) is 5.44. The molecule has 0 atom stereocenters. The number of benzene rings is 1. The number of halogens is 1. The number of rotatable bonds is 4. The van der Waals surface area contributed by atoms with Gasteiger partial charge in [0.15, 0.2) is 0 Å². The Morgan fingerprint density at radius 1 is 1.29 bits per heavy atom. The second-order valence-corrected chi connectivity index (χ2v) is 5.07. The molecule has 0 unspecified atom stereocenters. The van der Waals surface area contributed by atoms with Crippen LogP contribution in [0.3, 0.4) is 0 Å². The highest BCUT2D eigenvalue weighted by atomic mass is 32.1. The molecule has 1 aromatic carbocycles. The molecular formula is C14H13FOS. The van der Waals surface area contributed by atoms with E-state index in [0.29, 0.717) is 12.8 Å². The Morgan fingerprint density at radius 2 is 2.12 bits per heavy atom. The number of Topliss-reactive ketones (excluding diaryl/α,β-unsaturated/α-hetero) is 1. The van der Waals surface area contributed by atoms with Gasteiger partial charge in [0.2, 0.25) is 0 Å². The minimum absolute atomic E-state index is 0.169. The fourth-order valence-corrected chi connectivity index (χ4v) is 2.47. The highest BCUT2D eigenvalue weighted by Gasteiger charge is 2.08. The van der Waals surface area contributed by atoms with Gasteiger partial charge in [-0.05, 0) is 41.6 Å². The third-order valence-electron chi connectivity index (χ3n) is 2.64. The second kappa shape index (κ2) is 5.23. The van der Waals surface area contributed by atoms with E-state index >= 15 is 0 Å². The summed E-state index contributed by atoms with van der Waals surface area (Å²) in [5.41, 5.74) is 1.75. The lowest BCUT2D eigenvalue weighted by atomic mass is 10.0. The number of thiophene rings is 1. The van der Waals surface area contributed by atoms with E-state index in [4.69, 9.17) is 0 Å². The van der Waals surface area contributed by atoms with E-state index in [1.807, 2.05) is 24.4 Å². The van der Waals surface area contributed by atoms with Gasteiger partial charge in [0.05, 0.1) is 0 Å². The van der Waals surface area contributed by atoms with Crippen LogP contribution in [-0.4, -0.2) is 5.78 Å². The zero-order chi connectivity index (χ0) is 12.3. The van der Waals surface area contributed by atoms with E-state index in [1.54, 1.807) is 17.4 Å². The molecule has 3 heteroatoms. The van der Waals surface area contributed by atoms with Gasteiger partial charge in [-0.25, -0.2) is 4.39 Å². The molecule has 0 radical (unpaired) electrons. The molecule has 0 bridgehead atoms. The van der Waals surface area contributed by atoms with Crippen LogP contribution in [0.25, 0.3) is 0 Å². The Kier molecular flexibility index (Phi) is 3.69. The Balaban J connectivity index is 2.03. The lowest BCUT2D eigenvalue weighted by Gasteiger charge is -2.04. The second-order valence-electron chi connectivity index (χ2n) is 4.04. The van der Waals surface area contributed by atoms with Crippen molar-refractivity contribution in [1.82, 2.24) is 0 Å². The summed E-state index contributed by atoms with van der Waals surface area (Å²) in [7, 11) is 0. The zero-order valence-corrected chi connectivity index (χ0v) is 10.4. The van der Waals surface area contributed by atoms with Crippen LogP contribution in [0.1, 0.15) is 16.0 Å². The van der Waals surface area contributed by atoms with Crippen molar-refractivity contribution in [2.24, 2.45) is 0 Å². The molecule has 0 N–H and O–H groups in total. The van der Waals surface area contributed by atoms with Gasteiger partial charge < -0.3 is 0 Å². The van der Waals surface area contributed by atoms with Crippen LogP contribution in [0.5, 0.6) is 0 Å². The van der Waals surface area contributed by atoms with Crippen LogP contribution in [0.4, 0.5) is 4.39 Å². The first kappa shape index (κ1) is 12.0. The van der Waals surface area contributed by atoms with E-state index in [-0.39, 0.29) is 11.6 Å². The summed E-state index contributed by atoms with van der Waals surface area (Å²) in [6.45, 7) is 1.83. The van der Waals surface area contributed by atoms with E-state index in [0.717, 1.165) is 16.0 Å². The van der Waals surface area contributed by atoms with Gasteiger partial charge >= 0.3 is 0 Å². The van der Waals surface area contributed by atoms with E-state index in [1.165, 1.54) is 12.1 Å². The van der Waals surface area contributed by atoms with Gasteiger partial charge in [0.25, 0.3) is 0 Å². The van der Waals surface area contributed by atoms with Crippen LogP contribution < -0.4 is 0 Å². The molecular weight excluding hydrogens is 235 g/mol. The SMILES string of the molecule is Cc1cc(F)ccc1CC(=O)Cc1cccs1. The highest BCUT2D eigenvalue weighted by Crippen LogP contribution is 2.14. The molecule has 0 amide bonds. The fourth-order valence-electron chi connectivity index (χ4n) is 1.74. The van der Waals surface area contributed by atoms with Crippen molar-refractivity contribution in [3.63, 3.8) is 0 Å². The average molecular weight is 248 g/mol. The molecule has 0 fully saturated rings. The molecule has 0 aliphatic rings. The van der Waals surface area contributed by atoms with Gasteiger partial charge in [-0.3, -0.25) is 4.79 Å². The quantitative estimate of drug-likeness (QED) is 0.808. The average Bonchev–Trinajstić information content (AvgIpc) is 2.75. The normalized spacial score (nSPS) is 10.5. The Labute approximate surface area is 104 Å². The molecule has 0 saturated heterocycles. The van der Waals surface area contributed by atoms with E-state index in [9.17, 15) is 9.18 Å². The molecule has 0 spiro atoms. The maximum absolute atomic E-state index is 12.9. The predicted octanol–water partition coefficient (Wildman–Crippen LogP) is 3.55. The maximum atomic E-state index is 12.9. The van der Waals surface area contributed by atoms with Crippen molar-refractivity contribution >= 4 is 17.1 Å². The molecule has 88 valence electrons. The summed E-state index contributed by atoms with van der Waals surface area (Å²) >= 11 is 1.59. The molecule has 1 nitrogen and oxygen atoms in total. The lowest BCUT2D eigenvalue weighted by molar-refractivity contribution is -0.117. The Hall–Kier alpha value is -1.48. The molecule has 0 aliphatic heterocycles. The van der Waals surface area contributed by atoms with E-state index < -0.39 is 0 Å². The van der Waals surface area contributed by atoms with Crippen molar-refractivity contribution in [2.75, 3.05) is 0 Å². The summed E-state index contributed by atoms with van der Waals surface area (Å²) in [4.78, 5) is 12.9. The first-order valence-corrected chi connectivity index (χ1v) is 6.32. The van der Waals surface area contributed by atoms with E-state index in [2.05, 4.69) is 0 Å². The minimum atomic E-state index is -0.253. The largest absolute Gasteiger partial charge is 0.299 e. The van der Waals surface area contributed by atoms with Crippen molar-refractivity contribution in [2.45, 2.75) is 19.8 Å². The summed E-state index contributed by atoms with van der Waals surface area (Å²) in [6, 6.07) is 8.46. The maximum Gasteiger partial charge on any atom is 0.142 e. The summed E-state index contributed by atoms with van der Waals surface area (Å²) < 4.78 is 12.9. The van der Waals surface area contributed by atoms with Gasteiger partial charge in [0.1, 0.15) is 11.6 Å². The Morgan fingerprint density at radius 3 is 2.76 bits per heavy atom. The number of carbonyl (C=O) groups is 1. The zero-order valence-electron chi connectivity index (χ0n) is 9.57. The highest BCUT2D eigenvalue weighted by molar-refractivity contribution is 7.10. The molecule has 1 heterocycles. The summed E-state index contributed by atoms with van der Waals surface area (Å²) in [5.74, 6) is -0.0842. The number of ketones is 1. The molecule has 0 aliphatic carbocycles. The first-order chi connectivity index (χ1) is 8.15. The van der Waals surface area contributed by atoms with Crippen LogP contribution in [0, 0.1) is 12.7 Å². The number of hydrogen-bond acceptors (Lipinski definition) is 2. The van der Waals surface area contributed by atoms with Crippen LogP contribution in [-0.2, 0) is 17.6 Å². The predicted molar refractivity (Wildman–Crippen MR) is 67.9 cm³/mol. The van der Waals surface area contributed by atoms with Crippen LogP contribution in [0.2, 0.25) is 0 Å². The van der Waals surface area contributed by atoms with Crippen molar-refractivity contribution < 1.29 is 9.18 Å². The van der Waals surface area contributed by atoms with Gasteiger partial charge in [-0.2, -0.15) is 0 Å². The van der Waals surface area contributed by atoms with Gasteiger partial charge in [-0.15, -0.1) is 11.3 Å². The molecule has 2 rings (SSSR count). The molecule has 0 saturated carbocycles. The van der Waals surface area contributed by atoms with Crippen molar-refractivity contribution in [1.29, 1.82) is 0 Å². The van der Waals surface area contributed by atoms with Crippen LogP contribution in [0.15, 0.2) is 35.7 Å². The Bertz CT molecular complexity index is 517. The van der Waals surface area contributed by atoms with Crippen molar-refractivity contribution in [3.8, 4) is 0 Å².